The first-order chi connectivity index (χ1) is 6.79. The topological polar surface area (TPSA) is 37.3 Å². The Morgan fingerprint density at radius 2 is 2.36 bits per heavy atom. The summed E-state index contributed by atoms with van der Waals surface area (Å²) in [6.07, 6.45) is 7.25. The Morgan fingerprint density at radius 1 is 1.50 bits per heavy atom. The average Bonchev–Trinajstić information content (AvgIpc) is 2.56. The molecule has 0 saturated carbocycles. The van der Waals surface area contributed by atoms with Crippen molar-refractivity contribution < 1.29 is 0 Å². The molecule has 74 valence electrons. The molecule has 2 aromatic heterocycles. The number of hydrogen-bond acceptors (Lipinski definition) is 1. The minimum Gasteiger partial charge on any atom is -0.343 e. The van der Waals surface area contributed by atoms with Crippen LogP contribution in [0.4, 0.5) is 0 Å². The predicted octanol–water partition coefficient (Wildman–Crippen LogP) is 1.97. The highest BCUT2D eigenvalue weighted by atomic mass is 16.1. The number of aromatic amines is 1. The van der Waals surface area contributed by atoms with E-state index in [4.69, 9.17) is 0 Å². The zero-order valence-corrected chi connectivity index (χ0v) is 8.29. The van der Waals surface area contributed by atoms with Crippen molar-refractivity contribution in [2.24, 2.45) is 0 Å². The maximum Gasteiger partial charge on any atom is 0.183 e. The van der Waals surface area contributed by atoms with Gasteiger partial charge in [-0.3, -0.25) is 4.79 Å². The van der Waals surface area contributed by atoms with Gasteiger partial charge in [0, 0.05) is 30.2 Å². The van der Waals surface area contributed by atoms with Crippen molar-refractivity contribution in [3.05, 3.63) is 40.4 Å². The summed E-state index contributed by atoms with van der Waals surface area (Å²) in [5.41, 5.74) is 2.12. The molecule has 0 aliphatic carbocycles. The van der Waals surface area contributed by atoms with E-state index < -0.39 is 0 Å². The number of hydrogen-bond donors (Lipinski definition) is 1. The monoisotopic (exact) mass is 190 g/mol. The van der Waals surface area contributed by atoms with Crippen molar-refractivity contribution >= 4 is 5.65 Å². The van der Waals surface area contributed by atoms with Crippen molar-refractivity contribution in [1.29, 1.82) is 0 Å². The molecule has 0 aliphatic heterocycles. The van der Waals surface area contributed by atoms with Gasteiger partial charge >= 0.3 is 0 Å². The second-order valence-corrected chi connectivity index (χ2v) is 3.54. The predicted molar refractivity (Wildman–Crippen MR) is 56.6 cm³/mol. The molecule has 0 aromatic carbocycles. The van der Waals surface area contributed by atoms with E-state index in [-0.39, 0.29) is 5.43 Å². The average molecular weight is 190 g/mol. The van der Waals surface area contributed by atoms with Crippen molar-refractivity contribution in [3.63, 3.8) is 0 Å². The molecule has 0 radical (unpaired) electrons. The number of unbranched alkanes of at least 4 members (excludes halogenated alkanes) is 1. The number of fused-ring (bicyclic) bond motifs is 1. The minimum absolute atomic E-state index is 0.0499. The van der Waals surface area contributed by atoms with Crippen molar-refractivity contribution in [2.75, 3.05) is 0 Å². The lowest BCUT2D eigenvalue weighted by Gasteiger charge is -1.91. The summed E-state index contributed by atoms with van der Waals surface area (Å²) >= 11 is 0. The summed E-state index contributed by atoms with van der Waals surface area (Å²) in [6, 6.07) is 3.19. The fourth-order valence-electron chi connectivity index (χ4n) is 1.56. The van der Waals surface area contributed by atoms with Crippen LogP contribution in [0.15, 0.2) is 29.3 Å². The molecule has 0 unspecified atom stereocenters. The summed E-state index contributed by atoms with van der Waals surface area (Å²) in [6.45, 7) is 2.17. The quantitative estimate of drug-likeness (QED) is 0.789. The van der Waals surface area contributed by atoms with Gasteiger partial charge in [-0.1, -0.05) is 13.3 Å². The van der Waals surface area contributed by atoms with Crippen LogP contribution in [0.5, 0.6) is 0 Å². The maximum absolute atomic E-state index is 11.1. The molecule has 0 saturated heterocycles. The number of H-pyrrole nitrogens is 1. The molecule has 14 heavy (non-hydrogen) atoms. The van der Waals surface area contributed by atoms with Crippen LogP contribution < -0.4 is 5.43 Å². The lowest BCUT2D eigenvalue weighted by atomic mass is 10.2. The molecule has 3 nitrogen and oxygen atoms in total. The first-order valence-corrected chi connectivity index (χ1v) is 4.99. The molecular weight excluding hydrogens is 176 g/mol. The van der Waals surface area contributed by atoms with Gasteiger partial charge in [0.25, 0.3) is 0 Å². The molecule has 2 heterocycles. The normalized spacial score (nSPS) is 10.9. The molecule has 3 heteroatoms. The van der Waals surface area contributed by atoms with Crippen LogP contribution in [0.3, 0.4) is 0 Å². The number of nitrogens with one attached hydrogen (secondary N) is 1. The van der Waals surface area contributed by atoms with Gasteiger partial charge in [0.2, 0.25) is 0 Å². The Labute approximate surface area is 82.4 Å². The van der Waals surface area contributed by atoms with Crippen LogP contribution in [0, 0.1) is 0 Å². The lowest BCUT2D eigenvalue weighted by molar-refractivity contribution is 0.781. The fraction of sp³-hybridized carbons (Fsp3) is 0.364. The van der Waals surface area contributed by atoms with E-state index in [1.165, 1.54) is 18.5 Å². The molecule has 0 amide bonds. The fourth-order valence-corrected chi connectivity index (χ4v) is 1.56. The third-order valence-corrected chi connectivity index (χ3v) is 2.34. The Morgan fingerprint density at radius 3 is 3.14 bits per heavy atom. The van der Waals surface area contributed by atoms with E-state index in [1.807, 2.05) is 10.6 Å². The molecule has 0 atom stereocenters. The standard InChI is InChI=1S/C11H14N2O/c1-2-3-4-9-8-13-6-5-10(14)7-11(13)12-9/h5-8,12H,2-4H2,1H3. The van der Waals surface area contributed by atoms with Crippen LogP contribution >= 0.6 is 0 Å². The van der Waals surface area contributed by atoms with E-state index >= 15 is 0 Å². The molecule has 0 aliphatic rings. The highest BCUT2D eigenvalue weighted by molar-refractivity contribution is 5.39. The first kappa shape index (κ1) is 9.06. The van der Waals surface area contributed by atoms with Gasteiger partial charge in [0.1, 0.15) is 5.65 Å². The van der Waals surface area contributed by atoms with Gasteiger partial charge in [0.05, 0.1) is 0 Å². The highest BCUT2D eigenvalue weighted by Gasteiger charge is 1.98. The summed E-state index contributed by atoms with van der Waals surface area (Å²) < 4.78 is 1.95. The van der Waals surface area contributed by atoms with Crippen LogP contribution in [0.25, 0.3) is 5.65 Å². The first-order valence-electron chi connectivity index (χ1n) is 4.99. The van der Waals surface area contributed by atoms with E-state index in [0.717, 1.165) is 12.1 Å². The summed E-state index contributed by atoms with van der Waals surface area (Å²) in [5, 5.41) is 0. The summed E-state index contributed by atoms with van der Waals surface area (Å²) in [7, 11) is 0. The van der Waals surface area contributed by atoms with Crippen molar-refractivity contribution in [1.82, 2.24) is 9.38 Å². The summed E-state index contributed by atoms with van der Waals surface area (Å²) in [4.78, 5) is 14.3. The third kappa shape index (κ3) is 1.71. The van der Waals surface area contributed by atoms with Crippen LogP contribution in [-0.4, -0.2) is 9.38 Å². The van der Waals surface area contributed by atoms with Gasteiger partial charge < -0.3 is 9.38 Å². The van der Waals surface area contributed by atoms with E-state index in [1.54, 1.807) is 18.3 Å². The molecule has 1 N–H and O–H groups in total. The Bertz CT molecular complexity index is 481. The van der Waals surface area contributed by atoms with Gasteiger partial charge in [-0.05, 0) is 12.8 Å². The minimum atomic E-state index is 0.0499. The molecule has 2 aromatic rings. The number of pyridine rings is 1. The van der Waals surface area contributed by atoms with Gasteiger partial charge in [-0.25, -0.2) is 0 Å². The molecule has 0 fully saturated rings. The number of rotatable bonds is 3. The smallest absolute Gasteiger partial charge is 0.183 e. The van der Waals surface area contributed by atoms with Gasteiger partial charge in [-0.2, -0.15) is 0 Å². The number of aryl methyl sites for hydroxylation is 1. The third-order valence-electron chi connectivity index (χ3n) is 2.34. The molecule has 2 rings (SSSR count). The lowest BCUT2D eigenvalue weighted by Crippen LogP contribution is -1.97. The van der Waals surface area contributed by atoms with E-state index in [2.05, 4.69) is 11.9 Å². The Hall–Kier alpha value is -1.51. The number of imidazole rings is 1. The van der Waals surface area contributed by atoms with Gasteiger partial charge in [0.15, 0.2) is 5.43 Å². The summed E-state index contributed by atoms with van der Waals surface area (Å²) in [5.74, 6) is 0. The largest absolute Gasteiger partial charge is 0.343 e. The molecular formula is C11H14N2O. The second kappa shape index (κ2) is 3.70. The van der Waals surface area contributed by atoms with Crippen molar-refractivity contribution in [2.45, 2.75) is 26.2 Å². The molecule has 0 bridgehead atoms. The van der Waals surface area contributed by atoms with Crippen molar-refractivity contribution in [3.8, 4) is 0 Å². The second-order valence-electron chi connectivity index (χ2n) is 3.54. The number of aromatic nitrogens is 2. The number of nitrogens with zero attached hydrogens (tertiary/aromatic N) is 1. The van der Waals surface area contributed by atoms with Crippen LogP contribution in [-0.2, 0) is 6.42 Å². The Kier molecular flexibility index (Phi) is 2.39. The maximum atomic E-state index is 11.1. The van der Waals surface area contributed by atoms with Gasteiger partial charge in [-0.15, -0.1) is 0 Å². The van der Waals surface area contributed by atoms with E-state index in [9.17, 15) is 4.79 Å². The SMILES string of the molecule is CCCCc1cn2ccc(=O)cc2[nH]1. The zero-order chi connectivity index (χ0) is 9.97. The van der Waals surface area contributed by atoms with Crippen LogP contribution in [0.2, 0.25) is 0 Å². The Balaban J connectivity index is 2.36. The van der Waals surface area contributed by atoms with E-state index in [0.29, 0.717) is 0 Å². The molecule has 0 spiro atoms. The zero-order valence-electron chi connectivity index (χ0n) is 8.29. The highest BCUT2D eigenvalue weighted by Crippen LogP contribution is 2.05. The van der Waals surface area contributed by atoms with Crippen LogP contribution in [0.1, 0.15) is 25.5 Å².